The molecule has 0 aromatic carbocycles. The lowest BCUT2D eigenvalue weighted by Gasteiger charge is -2.37. The summed E-state index contributed by atoms with van der Waals surface area (Å²) in [6.45, 7) is 3.88. The van der Waals surface area contributed by atoms with Gasteiger partial charge in [0.15, 0.2) is 0 Å². The number of aromatic nitrogens is 3. The minimum absolute atomic E-state index is 0.0217. The molecule has 2 aromatic rings. The molecule has 3 heterocycles. The van der Waals surface area contributed by atoms with Gasteiger partial charge in [-0.1, -0.05) is 0 Å². The zero-order valence-corrected chi connectivity index (χ0v) is 15.7. The van der Waals surface area contributed by atoms with E-state index in [1.165, 1.54) is 5.69 Å². The molecule has 1 fully saturated rings. The number of hydrogen-bond donors (Lipinski definition) is 0. The van der Waals surface area contributed by atoms with Crippen LogP contribution < -0.4 is 4.90 Å². The summed E-state index contributed by atoms with van der Waals surface area (Å²) in [5.74, 6) is 0.847. The quantitative estimate of drug-likeness (QED) is 0.791. The second-order valence-corrected chi connectivity index (χ2v) is 6.78. The van der Waals surface area contributed by atoms with E-state index in [0.29, 0.717) is 0 Å². The Morgan fingerprint density at radius 1 is 1.31 bits per heavy atom. The molecule has 140 valence electrons. The maximum atomic E-state index is 12.5. The van der Waals surface area contributed by atoms with Crippen LogP contribution in [0.2, 0.25) is 0 Å². The summed E-state index contributed by atoms with van der Waals surface area (Å²) in [6.07, 6.45) is 8.95. The monoisotopic (exact) mass is 357 g/mol. The van der Waals surface area contributed by atoms with Crippen LogP contribution in [-0.4, -0.2) is 58.1 Å². The molecule has 7 heteroatoms. The first kappa shape index (κ1) is 18.4. The number of carbonyl (C=O) groups is 1. The minimum Gasteiger partial charge on any atom is -0.371 e. The Morgan fingerprint density at radius 3 is 2.62 bits per heavy atom. The molecule has 1 atom stereocenters. The third kappa shape index (κ3) is 4.22. The van der Waals surface area contributed by atoms with E-state index in [1.807, 2.05) is 61.2 Å². The third-order valence-corrected chi connectivity index (χ3v) is 5.11. The largest absolute Gasteiger partial charge is 0.371 e. The van der Waals surface area contributed by atoms with E-state index in [2.05, 4.69) is 14.9 Å². The summed E-state index contributed by atoms with van der Waals surface area (Å²) in [5.41, 5.74) is 1.19. The summed E-state index contributed by atoms with van der Waals surface area (Å²) in [6, 6.07) is 4.32. The first-order chi connectivity index (χ1) is 12.6. The molecular formula is C19H27N5O2. The van der Waals surface area contributed by atoms with E-state index in [9.17, 15) is 4.79 Å². The van der Waals surface area contributed by atoms with Crippen LogP contribution in [0.15, 0.2) is 36.9 Å². The summed E-state index contributed by atoms with van der Waals surface area (Å²) in [7, 11) is 3.80. The number of piperidine rings is 1. The van der Waals surface area contributed by atoms with E-state index in [-0.39, 0.29) is 24.7 Å². The predicted molar refractivity (Wildman–Crippen MR) is 99.8 cm³/mol. The first-order valence-electron chi connectivity index (χ1n) is 9.05. The molecule has 3 rings (SSSR count). The number of carbonyl (C=O) groups excluding carboxylic acids is 1. The summed E-state index contributed by atoms with van der Waals surface area (Å²) in [4.78, 5) is 25.0. The molecular weight excluding hydrogens is 330 g/mol. The van der Waals surface area contributed by atoms with Gasteiger partial charge in [0.1, 0.15) is 18.5 Å². The highest BCUT2D eigenvalue weighted by atomic mass is 16.5. The van der Waals surface area contributed by atoms with Crippen molar-refractivity contribution in [1.82, 2.24) is 19.4 Å². The van der Waals surface area contributed by atoms with E-state index in [0.717, 1.165) is 31.8 Å². The number of rotatable bonds is 6. The van der Waals surface area contributed by atoms with Crippen LogP contribution in [0.5, 0.6) is 0 Å². The van der Waals surface area contributed by atoms with Crippen LogP contribution >= 0.6 is 0 Å². The highest BCUT2D eigenvalue weighted by molar-refractivity contribution is 5.77. The Bertz CT molecular complexity index is 710. The molecule has 1 saturated heterocycles. The van der Waals surface area contributed by atoms with Gasteiger partial charge in [0.25, 0.3) is 0 Å². The molecule has 1 aliphatic heterocycles. The molecule has 26 heavy (non-hydrogen) atoms. The van der Waals surface area contributed by atoms with Gasteiger partial charge < -0.3 is 19.1 Å². The Hall–Kier alpha value is -2.41. The van der Waals surface area contributed by atoms with Crippen molar-refractivity contribution in [2.24, 2.45) is 7.05 Å². The van der Waals surface area contributed by atoms with E-state index in [4.69, 9.17) is 4.74 Å². The van der Waals surface area contributed by atoms with Gasteiger partial charge in [-0.3, -0.25) is 9.78 Å². The number of aryl methyl sites for hydroxylation is 1. The molecule has 0 radical (unpaired) electrons. The van der Waals surface area contributed by atoms with Crippen molar-refractivity contribution in [3.8, 4) is 0 Å². The summed E-state index contributed by atoms with van der Waals surface area (Å²) < 4.78 is 7.65. The van der Waals surface area contributed by atoms with Gasteiger partial charge in [0, 0.05) is 63.7 Å². The Labute approximate surface area is 154 Å². The van der Waals surface area contributed by atoms with Crippen molar-refractivity contribution in [1.29, 1.82) is 0 Å². The lowest BCUT2D eigenvalue weighted by Crippen LogP contribution is -2.46. The number of likely N-dealkylation sites (N-methyl/N-ethyl adjacent to an activating group) is 1. The zero-order chi connectivity index (χ0) is 18.5. The van der Waals surface area contributed by atoms with Gasteiger partial charge >= 0.3 is 0 Å². The standard InChI is InChI=1S/C19H27N5O2/c1-15(19-21-10-13-22(19)2)26-14-18(25)23(3)16-6-11-24(12-7-16)17-4-8-20-9-5-17/h4-5,8-10,13,15-16H,6-7,11-12,14H2,1-3H3. The van der Waals surface area contributed by atoms with E-state index in [1.54, 1.807) is 6.20 Å². The van der Waals surface area contributed by atoms with Gasteiger partial charge in [-0.05, 0) is 31.9 Å². The predicted octanol–water partition coefficient (Wildman–Crippen LogP) is 2.02. The van der Waals surface area contributed by atoms with Crippen LogP contribution in [0.1, 0.15) is 31.7 Å². The number of pyridine rings is 1. The Balaban J connectivity index is 1.46. The molecule has 2 aromatic heterocycles. The van der Waals surface area contributed by atoms with Gasteiger partial charge in [-0.25, -0.2) is 4.98 Å². The van der Waals surface area contributed by atoms with Crippen LogP contribution in [0.3, 0.4) is 0 Å². The smallest absolute Gasteiger partial charge is 0.248 e. The molecule has 0 N–H and O–H groups in total. The van der Waals surface area contributed by atoms with Crippen molar-refractivity contribution in [3.63, 3.8) is 0 Å². The number of ether oxygens (including phenoxy) is 1. The Kier molecular flexibility index (Phi) is 5.88. The fourth-order valence-corrected chi connectivity index (χ4v) is 3.41. The molecule has 1 amide bonds. The van der Waals surface area contributed by atoms with Crippen molar-refractivity contribution in [2.45, 2.75) is 31.9 Å². The van der Waals surface area contributed by atoms with Crippen molar-refractivity contribution in [3.05, 3.63) is 42.7 Å². The van der Waals surface area contributed by atoms with Gasteiger partial charge in [0.05, 0.1) is 0 Å². The fourth-order valence-electron chi connectivity index (χ4n) is 3.41. The SMILES string of the molecule is CC(OCC(=O)N(C)C1CCN(c2ccncc2)CC1)c1nccn1C. The number of amides is 1. The van der Waals surface area contributed by atoms with E-state index >= 15 is 0 Å². The molecule has 0 aliphatic carbocycles. The highest BCUT2D eigenvalue weighted by Crippen LogP contribution is 2.22. The first-order valence-corrected chi connectivity index (χ1v) is 9.05. The molecule has 0 saturated carbocycles. The normalized spacial score (nSPS) is 16.5. The van der Waals surface area contributed by atoms with Crippen LogP contribution in [-0.2, 0) is 16.6 Å². The minimum atomic E-state index is -0.208. The molecule has 0 bridgehead atoms. The maximum Gasteiger partial charge on any atom is 0.248 e. The van der Waals surface area contributed by atoms with Crippen LogP contribution in [0, 0.1) is 0 Å². The van der Waals surface area contributed by atoms with Gasteiger partial charge in [-0.15, -0.1) is 0 Å². The zero-order valence-electron chi connectivity index (χ0n) is 15.7. The second kappa shape index (κ2) is 8.31. The molecule has 1 unspecified atom stereocenters. The molecule has 7 nitrogen and oxygen atoms in total. The fraction of sp³-hybridized carbons (Fsp3) is 0.526. The number of imidazole rings is 1. The molecule has 1 aliphatic rings. The number of hydrogen-bond acceptors (Lipinski definition) is 5. The summed E-state index contributed by atoms with van der Waals surface area (Å²) in [5, 5.41) is 0. The number of anilines is 1. The second-order valence-electron chi connectivity index (χ2n) is 6.78. The maximum absolute atomic E-state index is 12.5. The average Bonchev–Trinajstić information content (AvgIpc) is 3.12. The van der Waals surface area contributed by atoms with Crippen molar-refractivity contribution < 1.29 is 9.53 Å². The van der Waals surface area contributed by atoms with Gasteiger partial charge in [0.2, 0.25) is 5.91 Å². The van der Waals surface area contributed by atoms with Crippen molar-refractivity contribution in [2.75, 3.05) is 31.6 Å². The number of nitrogens with zero attached hydrogens (tertiary/aromatic N) is 5. The lowest BCUT2D eigenvalue weighted by molar-refractivity contribution is -0.139. The van der Waals surface area contributed by atoms with Gasteiger partial charge in [-0.2, -0.15) is 0 Å². The summed E-state index contributed by atoms with van der Waals surface area (Å²) >= 11 is 0. The lowest BCUT2D eigenvalue weighted by atomic mass is 10.0. The molecule has 0 spiro atoms. The van der Waals surface area contributed by atoms with E-state index < -0.39 is 0 Å². The Morgan fingerprint density at radius 2 is 2.00 bits per heavy atom. The van der Waals surface area contributed by atoms with Crippen LogP contribution in [0.25, 0.3) is 0 Å². The highest BCUT2D eigenvalue weighted by Gasteiger charge is 2.26. The average molecular weight is 357 g/mol. The third-order valence-electron chi connectivity index (χ3n) is 5.11. The van der Waals surface area contributed by atoms with Crippen LogP contribution in [0.4, 0.5) is 5.69 Å². The van der Waals surface area contributed by atoms with Crippen molar-refractivity contribution >= 4 is 11.6 Å². The topological polar surface area (TPSA) is 63.5 Å².